The van der Waals surface area contributed by atoms with Crippen LogP contribution >= 0.6 is 11.6 Å². The lowest BCUT2D eigenvalue weighted by Gasteiger charge is -2.15. The van der Waals surface area contributed by atoms with Gasteiger partial charge < -0.3 is 20.3 Å². The highest BCUT2D eigenvalue weighted by Gasteiger charge is 2.19. The topological polar surface area (TPSA) is 122 Å². The third-order valence-electron chi connectivity index (χ3n) is 3.95. The molecule has 0 bridgehead atoms. The quantitative estimate of drug-likeness (QED) is 0.541. The summed E-state index contributed by atoms with van der Waals surface area (Å²) in [6.45, 7) is 1.91. The van der Waals surface area contributed by atoms with Gasteiger partial charge in [-0.15, -0.1) is 5.10 Å². The van der Waals surface area contributed by atoms with E-state index in [4.69, 9.17) is 16.3 Å². The van der Waals surface area contributed by atoms with Crippen LogP contribution in [0.15, 0.2) is 42.5 Å². The first-order valence-corrected chi connectivity index (χ1v) is 8.81. The number of phenolic OH excluding ortho intramolecular Hbond substituents is 2. The fraction of sp³-hybridized carbons (Fsp3) is 0.222. The average molecular weight is 404 g/mol. The van der Waals surface area contributed by atoms with Gasteiger partial charge in [0.25, 0.3) is 0 Å². The summed E-state index contributed by atoms with van der Waals surface area (Å²) in [4.78, 5) is 12.0. The molecule has 3 aromatic rings. The maximum atomic E-state index is 12.0. The van der Waals surface area contributed by atoms with Crippen LogP contribution in [0.25, 0.3) is 11.4 Å². The van der Waals surface area contributed by atoms with Crippen molar-refractivity contribution in [1.29, 1.82) is 0 Å². The molecule has 1 heterocycles. The van der Waals surface area contributed by atoms with Gasteiger partial charge in [0, 0.05) is 12.1 Å². The first kappa shape index (κ1) is 19.4. The van der Waals surface area contributed by atoms with Gasteiger partial charge in [-0.2, -0.15) is 4.68 Å². The van der Waals surface area contributed by atoms with E-state index in [1.807, 2.05) is 0 Å². The number of amides is 1. The molecule has 0 aliphatic rings. The molecule has 28 heavy (non-hydrogen) atoms. The van der Waals surface area contributed by atoms with Crippen molar-refractivity contribution in [1.82, 2.24) is 25.5 Å². The molecule has 0 aliphatic heterocycles. The molecule has 1 aromatic heterocycles. The van der Waals surface area contributed by atoms with Crippen LogP contribution < -0.4 is 5.32 Å². The van der Waals surface area contributed by atoms with Crippen molar-refractivity contribution in [3.63, 3.8) is 0 Å². The highest BCUT2D eigenvalue weighted by molar-refractivity contribution is 6.33. The van der Waals surface area contributed by atoms with Gasteiger partial charge in [0.15, 0.2) is 23.6 Å². The summed E-state index contributed by atoms with van der Waals surface area (Å²) in [5.74, 6) is -0.0225. The van der Waals surface area contributed by atoms with Crippen LogP contribution in [0.2, 0.25) is 5.02 Å². The lowest BCUT2D eigenvalue weighted by atomic mass is 10.1. The summed E-state index contributed by atoms with van der Waals surface area (Å²) < 4.78 is 6.68. The SMILES string of the molecule is CC(OC(=O)NCCc1ccc(O)c(O)c1)n1nnnc1-c1ccccc1Cl. The van der Waals surface area contributed by atoms with E-state index in [1.165, 1.54) is 16.8 Å². The summed E-state index contributed by atoms with van der Waals surface area (Å²) in [5.41, 5.74) is 1.38. The smallest absolute Gasteiger partial charge is 0.409 e. The summed E-state index contributed by atoms with van der Waals surface area (Å²) in [6, 6.07) is 11.6. The van der Waals surface area contributed by atoms with E-state index >= 15 is 0 Å². The number of alkyl carbamates (subject to hydrolysis) is 1. The summed E-state index contributed by atoms with van der Waals surface area (Å²) in [5, 5.41) is 33.3. The second-order valence-electron chi connectivity index (χ2n) is 5.93. The Morgan fingerprint density at radius 3 is 2.79 bits per heavy atom. The third-order valence-corrected chi connectivity index (χ3v) is 4.28. The maximum absolute atomic E-state index is 12.0. The van der Waals surface area contributed by atoms with Gasteiger partial charge in [0.2, 0.25) is 0 Å². The Kier molecular flexibility index (Phi) is 5.95. The predicted octanol–water partition coefficient (Wildman–Crippen LogP) is 2.89. The van der Waals surface area contributed by atoms with Gasteiger partial charge in [0.05, 0.1) is 5.02 Å². The Labute approximate surface area is 165 Å². The number of nitrogens with one attached hydrogen (secondary N) is 1. The van der Waals surface area contributed by atoms with Crippen LogP contribution in [-0.4, -0.2) is 43.1 Å². The zero-order chi connectivity index (χ0) is 20.1. The van der Waals surface area contributed by atoms with Crippen LogP contribution in [0.3, 0.4) is 0 Å². The Bertz CT molecular complexity index is 978. The Hall–Kier alpha value is -3.33. The molecule has 146 valence electrons. The molecule has 10 heteroatoms. The van der Waals surface area contributed by atoms with Crippen molar-refractivity contribution in [2.24, 2.45) is 0 Å². The van der Waals surface area contributed by atoms with Gasteiger partial charge in [-0.05, 0) is 53.6 Å². The van der Waals surface area contributed by atoms with Gasteiger partial charge in [0.1, 0.15) is 0 Å². The number of ether oxygens (including phenoxy) is 1. The van der Waals surface area contributed by atoms with Crippen molar-refractivity contribution in [3.05, 3.63) is 53.1 Å². The molecule has 0 saturated heterocycles. The number of hydrogen-bond acceptors (Lipinski definition) is 7. The number of aromatic hydroxyl groups is 2. The van der Waals surface area contributed by atoms with Crippen LogP contribution in [0, 0.1) is 0 Å². The minimum Gasteiger partial charge on any atom is -0.504 e. The predicted molar refractivity (Wildman–Crippen MR) is 101 cm³/mol. The number of halogens is 1. The summed E-state index contributed by atoms with van der Waals surface area (Å²) in [6.07, 6.45) is -0.956. The van der Waals surface area contributed by atoms with E-state index in [0.717, 1.165) is 5.56 Å². The first-order chi connectivity index (χ1) is 13.5. The molecule has 2 aromatic carbocycles. The average Bonchev–Trinajstić information content (AvgIpc) is 3.14. The zero-order valence-electron chi connectivity index (χ0n) is 14.9. The molecule has 0 spiro atoms. The van der Waals surface area contributed by atoms with Crippen LogP contribution in [-0.2, 0) is 11.2 Å². The number of carbonyl (C=O) groups excluding carboxylic acids is 1. The molecule has 9 nitrogen and oxygen atoms in total. The second kappa shape index (κ2) is 8.57. The summed E-state index contributed by atoms with van der Waals surface area (Å²) in [7, 11) is 0. The fourth-order valence-corrected chi connectivity index (χ4v) is 2.76. The number of phenols is 2. The molecule has 1 atom stereocenters. The standard InChI is InChI=1S/C18H18ClN5O4/c1-11(24-17(21-22-23-24)13-4-2-3-5-14(13)19)28-18(27)20-9-8-12-6-7-15(25)16(26)10-12/h2-7,10-11,25-26H,8-9H2,1H3,(H,20,27). The van der Waals surface area contributed by atoms with Crippen molar-refractivity contribution in [3.8, 4) is 22.9 Å². The van der Waals surface area contributed by atoms with E-state index in [2.05, 4.69) is 20.8 Å². The van der Waals surface area contributed by atoms with E-state index in [0.29, 0.717) is 22.8 Å². The van der Waals surface area contributed by atoms with Crippen molar-refractivity contribution >= 4 is 17.7 Å². The molecule has 0 aliphatic carbocycles. The minimum absolute atomic E-state index is 0.194. The van der Waals surface area contributed by atoms with E-state index < -0.39 is 12.3 Å². The highest BCUT2D eigenvalue weighted by atomic mass is 35.5. The van der Waals surface area contributed by atoms with Crippen LogP contribution in [0.1, 0.15) is 18.7 Å². The Morgan fingerprint density at radius 2 is 2.04 bits per heavy atom. The van der Waals surface area contributed by atoms with Crippen molar-refractivity contribution in [2.75, 3.05) is 6.54 Å². The number of benzene rings is 2. The van der Waals surface area contributed by atoms with E-state index in [-0.39, 0.29) is 18.0 Å². The van der Waals surface area contributed by atoms with Crippen molar-refractivity contribution < 1.29 is 19.7 Å². The van der Waals surface area contributed by atoms with Crippen LogP contribution in [0.5, 0.6) is 11.5 Å². The van der Waals surface area contributed by atoms with E-state index in [9.17, 15) is 15.0 Å². The molecular formula is C18H18ClN5O4. The molecule has 1 amide bonds. The number of aromatic nitrogens is 4. The lowest BCUT2D eigenvalue weighted by Crippen LogP contribution is -2.29. The minimum atomic E-state index is -0.765. The van der Waals surface area contributed by atoms with Crippen molar-refractivity contribution in [2.45, 2.75) is 19.6 Å². The molecule has 3 rings (SSSR count). The Morgan fingerprint density at radius 1 is 1.25 bits per heavy atom. The lowest BCUT2D eigenvalue weighted by molar-refractivity contribution is 0.0601. The second-order valence-corrected chi connectivity index (χ2v) is 6.34. The molecule has 0 radical (unpaired) electrons. The number of carbonyl (C=O) groups is 1. The molecule has 1 unspecified atom stereocenters. The number of nitrogens with zero attached hydrogens (tertiary/aromatic N) is 4. The maximum Gasteiger partial charge on any atom is 0.409 e. The van der Waals surface area contributed by atoms with E-state index in [1.54, 1.807) is 37.3 Å². The monoisotopic (exact) mass is 403 g/mol. The van der Waals surface area contributed by atoms with Gasteiger partial charge in [-0.3, -0.25) is 0 Å². The highest BCUT2D eigenvalue weighted by Crippen LogP contribution is 2.27. The normalized spacial score (nSPS) is 11.8. The first-order valence-electron chi connectivity index (χ1n) is 8.44. The van der Waals surface area contributed by atoms with Crippen LogP contribution in [0.4, 0.5) is 4.79 Å². The van der Waals surface area contributed by atoms with Gasteiger partial charge in [-0.25, -0.2) is 4.79 Å². The van der Waals surface area contributed by atoms with Gasteiger partial charge in [-0.1, -0.05) is 29.8 Å². The zero-order valence-corrected chi connectivity index (χ0v) is 15.7. The number of tetrazole rings is 1. The molecular weight excluding hydrogens is 386 g/mol. The largest absolute Gasteiger partial charge is 0.504 e. The fourth-order valence-electron chi connectivity index (χ4n) is 2.54. The molecule has 0 fully saturated rings. The number of rotatable bonds is 6. The third kappa shape index (κ3) is 4.49. The molecule has 3 N–H and O–H groups in total. The Balaban J connectivity index is 1.57. The molecule has 0 saturated carbocycles. The summed E-state index contributed by atoms with van der Waals surface area (Å²) >= 11 is 6.18. The number of hydrogen-bond donors (Lipinski definition) is 3. The van der Waals surface area contributed by atoms with Gasteiger partial charge >= 0.3 is 6.09 Å².